The summed E-state index contributed by atoms with van der Waals surface area (Å²) in [7, 11) is 0. The Morgan fingerprint density at radius 2 is 1.93 bits per heavy atom. The lowest BCUT2D eigenvalue weighted by Crippen LogP contribution is -2.41. The standard InChI is InChI=1S/C19H20F3N3O2S/c20-19(21,22)16-10-23-18(27-16)28-15-3-1-13(2-4-15)17(26)24-14-9-12-5-7-25(11-14)8-6-12/h1-4,10,12,14H,5-9,11H2,(H,24,26). The summed E-state index contributed by atoms with van der Waals surface area (Å²) in [5.74, 6) is -0.566. The third-order valence-corrected chi connectivity index (χ3v) is 6.10. The highest BCUT2D eigenvalue weighted by Crippen LogP contribution is 2.34. The van der Waals surface area contributed by atoms with Gasteiger partial charge in [-0.2, -0.15) is 13.2 Å². The number of hydrogen-bond donors (Lipinski definition) is 1. The van der Waals surface area contributed by atoms with Crippen LogP contribution in [0.5, 0.6) is 0 Å². The number of alkyl halides is 3. The third-order valence-electron chi connectivity index (χ3n) is 5.22. The van der Waals surface area contributed by atoms with Crippen LogP contribution >= 0.6 is 11.8 Å². The van der Waals surface area contributed by atoms with Crippen molar-refractivity contribution in [1.82, 2.24) is 15.2 Å². The van der Waals surface area contributed by atoms with Crippen LogP contribution in [0.1, 0.15) is 35.4 Å². The van der Waals surface area contributed by atoms with Crippen LogP contribution in [0.2, 0.25) is 0 Å². The molecule has 1 unspecified atom stereocenters. The van der Waals surface area contributed by atoms with E-state index in [1.54, 1.807) is 24.3 Å². The van der Waals surface area contributed by atoms with Gasteiger partial charge < -0.3 is 14.6 Å². The molecule has 0 radical (unpaired) electrons. The summed E-state index contributed by atoms with van der Waals surface area (Å²) in [6.07, 6.45) is -0.464. The average Bonchev–Trinajstić information content (AvgIpc) is 2.95. The first-order chi connectivity index (χ1) is 13.4. The van der Waals surface area contributed by atoms with Crippen molar-refractivity contribution in [2.45, 2.75) is 41.6 Å². The maximum Gasteiger partial charge on any atom is 0.451 e. The normalized spacial score (nSPS) is 24.8. The number of fused-ring (bicyclic) bond motifs is 4. The number of rotatable bonds is 4. The monoisotopic (exact) mass is 411 g/mol. The van der Waals surface area contributed by atoms with Crippen LogP contribution in [0.25, 0.3) is 0 Å². The average molecular weight is 411 g/mol. The SMILES string of the molecule is O=C(NC1CC2CCN(CC2)C1)c1ccc(Sc2ncc(C(F)(F)F)o2)cc1. The minimum absolute atomic E-state index is 0.0903. The van der Waals surface area contributed by atoms with Crippen molar-refractivity contribution in [3.05, 3.63) is 41.8 Å². The van der Waals surface area contributed by atoms with Gasteiger partial charge in [0.25, 0.3) is 11.1 Å². The van der Waals surface area contributed by atoms with E-state index < -0.39 is 11.9 Å². The zero-order valence-corrected chi connectivity index (χ0v) is 15.9. The molecule has 1 aromatic carbocycles. The predicted octanol–water partition coefficient (Wildman–Crippen LogP) is 4.06. The lowest BCUT2D eigenvalue weighted by molar-refractivity contribution is -0.154. The molecule has 0 aliphatic carbocycles. The molecule has 3 fully saturated rings. The highest BCUT2D eigenvalue weighted by Gasteiger charge is 2.35. The molecule has 28 heavy (non-hydrogen) atoms. The van der Waals surface area contributed by atoms with E-state index >= 15 is 0 Å². The van der Waals surface area contributed by atoms with Crippen LogP contribution in [0.15, 0.2) is 45.0 Å². The summed E-state index contributed by atoms with van der Waals surface area (Å²) >= 11 is 0.976. The van der Waals surface area contributed by atoms with Gasteiger partial charge in [-0.05, 0) is 74.3 Å². The Morgan fingerprint density at radius 3 is 2.57 bits per heavy atom. The van der Waals surface area contributed by atoms with Gasteiger partial charge in [-0.1, -0.05) is 0 Å². The second-order valence-corrected chi connectivity index (χ2v) is 8.29. The van der Waals surface area contributed by atoms with E-state index in [2.05, 4.69) is 15.2 Å². The number of amides is 1. The fourth-order valence-electron chi connectivity index (χ4n) is 3.78. The summed E-state index contributed by atoms with van der Waals surface area (Å²) < 4.78 is 42.4. The van der Waals surface area contributed by atoms with Gasteiger partial charge in [0.1, 0.15) is 0 Å². The number of oxazole rings is 1. The van der Waals surface area contributed by atoms with E-state index in [1.165, 1.54) is 12.8 Å². The van der Waals surface area contributed by atoms with E-state index in [0.29, 0.717) is 22.6 Å². The smallest absolute Gasteiger partial charge is 0.427 e. The molecule has 4 heterocycles. The highest BCUT2D eigenvalue weighted by molar-refractivity contribution is 7.99. The minimum atomic E-state index is -4.55. The number of benzene rings is 1. The molecule has 0 saturated carbocycles. The van der Waals surface area contributed by atoms with E-state index in [-0.39, 0.29) is 17.2 Å². The third kappa shape index (κ3) is 4.52. The van der Waals surface area contributed by atoms with Crippen molar-refractivity contribution in [2.75, 3.05) is 19.6 Å². The summed E-state index contributed by atoms with van der Waals surface area (Å²) in [5.41, 5.74) is 0.527. The number of carbonyl (C=O) groups excluding carboxylic acids is 1. The van der Waals surface area contributed by atoms with Crippen molar-refractivity contribution in [3.63, 3.8) is 0 Å². The maximum atomic E-state index is 12.6. The van der Waals surface area contributed by atoms with Gasteiger partial charge in [-0.3, -0.25) is 4.79 Å². The fraction of sp³-hybridized carbons (Fsp3) is 0.474. The van der Waals surface area contributed by atoms with Gasteiger partial charge in [0.2, 0.25) is 5.76 Å². The molecule has 1 atom stereocenters. The molecule has 1 aromatic heterocycles. The molecule has 2 bridgehead atoms. The first-order valence-electron chi connectivity index (χ1n) is 9.21. The van der Waals surface area contributed by atoms with Crippen molar-refractivity contribution in [2.24, 2.45) is 5.92 Å². The van der Waals surface area contributed by atoms with Gasteiger partial charge in [0.15, 0.2) is 0 Å². The van der Waals surface area contributed by atoms with Crippen molar-refractivity contribution < 1.29 is 22.4 Å². The minimum Gasteiger partial charge on any atom is -0.427 e. The Morgan fingerprint density at radius 1 is 1.21 bits per heavy atom. The molecule has 5 rings (SSSR count). The molecule has 3 aliphatic rings. The number of piperidine rings is 1. The molecule has 9 heteroatoms. The summed E-state index contributed by atoms with van der Waals surface area (Å²) in [4.78, 5) is 19.2. The summed E-state index contributed by atoms with van der Waals surface area (Å²) in [5, 5.41) is 3.03. The maximum absolute atomic E-state index is 12.6. The molecule has 3 saturated heterocycles. The van der Waals surface area contributed by atoms with Gasteiger partial charge in [0.05, 0.1) is 6.20 Å². The Bertz CT molecular complexity index is 816. The van der Waals surface area contributed by atoms with Gasteiger partial charge >= 0.3 is 6.18 Å². The number of aromatic nitrogens is 1. The Hall–Kier alpha value is -2.00. The van der Waals surface area contributed by atoms with E-state index in [1.807, 2.05) is 0 Å². The number of halogens is 3. The topological polar surface area (TPSA) is 58.4 Å². The number of nitrogens with one attached hydrogen (secondary N) is 1. The van der Waals surface area contributed by atoms with Crippen LogP contribution in [-0.4, -0.2) is 41.5 Å². The number of carbonyl (C=O) groups is 1. The molecular weight excluding hydrogens is 391 g/mol. The van der Waals surface area contributed by atoms with Gasteiger partial charge in [-0.15, -0.1) is 0 Å². The summed E-state index contributed by atoms with van der Waals surface area (Å²) in [6, 6.07) is 6.84. The fourth-order valence-corrected chi connectivity index (χ4v) is 4.49. The molecule has 2 aromatic rings. The van der Waals surface area contributed by atoms with Crippen LogP contribution in [0.4, 0.5) is 13.2 Å². The second-order valence-electron chi connectivity index (χ2n) is 7.26. The molecule has 3 aliphatic heterocycles. The van der Waals surface area contributed by atoms with Gasteiger partial charge in [0, 0.05) is 23.0 Å². The zero-order chi connectivity index (χ0) is 19.7. The number of nitrogens with zero attached hydrogens (tertiary/aromatic N) is 2. The van der Waals surface area contributed by atoms with Crippen LogP contribution in [-0.2, 0) is 6.18 Å². The first-order valence-corrected chi connectivity index (χ1v) is 10.0. The van der Waals surface area contributed by atoms with E-state index in [0.717, 1.165) is 37.8 Å². The Labute approximate surface area is 164 Å². The highest BCUT2D eigenvalue weighted by atomic mass is 32.2. The van der Waals surface area contributed by atoms with E-state index in [4.69, 9.17) is 4.42 Å². The largest absolute Gasteiger partial charge is 0.451 e. The molecule has 1 N–H and O–H groups in total. The first kappa shape index (κ1) is 19.3. The van der Waals surface area contributed by atoms with Crippen LogP contribution in [0, 0.1) is 5.92 Å². The molecule has 5 nitrogen and oxygen atoms in total. The lowest BCUT2D eigenvalue weighted by Gasteiger charge is -2.26. The predicted molar refractivity (Wildman–Crippen MR) is 97.1 cm³/mol. The van der Waals surface area contributed by atoms with Gasteiger partial charge in [-0.25, -0.2) is 4.98 Å². The Balaban J connectivity index is 1.36. The van der Waals surface area contributed by atoms with E-state index in [9.17, 15) is 18.0 Å². The van der Waals surface area contributed by atoms with Crippen LogP contribution in [0.3, 0.4) is 0 Å². The lowest BCUT2D eigenvalue weighted by atomic mass is 9.94. The molecule has 1 amide bonds. The second kappa shape index (κ2) is 7.79. The molecule has 150 valence electrons. The molecule has 0 spiro atoms. The van der Waals surface area contributed by atoms with Crippen molar-refractivity contribution >= 4 is 17.7 Å². The summed E-state index contributed by atoms with van der Waals surface area (Å²) in [6.45, 7) is 3.11. The number of hydrogen-bond acceptors (Lipinski definition) is 5. The van der Waals surface area contributed by atoms with Crippen molar-refractivity contribution in [1.29, 1.82) is 0 Å². The Kier molecular flexibility index (Phi) is 5.37. The quantitative estimate of drug-likeness (QED) is 0.822. The van der Waals surface area contributed by atoms with Crippen molar-refractivity contribution in [3.8, 4) is 0 Å². The zero-order valence-electron chi connectivity index (χ0n) is 15.0. The molecular formula is C19H20F3N3O2S. The van der Waals surface area contributed by atoms with Crippen LogP contribution < -0.4 is 5.32 Å².